The van der Waals surface area contributed by atoms with E-state index < -0.39 is 0 Å². The van der Waals surface area contributed by atoms with E-state index in [1.165, 1.54) is 11.3 Å². The lowest BCUT2D eigenvalue weighted by atomic mass is 10.1. The van der Waals surface area contributed by atoms with E-state index in [9.17, 15) is 4.79 Å². The summed E-state index contributed by atoms with van der Waals surface area (Å²) in [5, 5.41) is 1.90. The molecule has 0 unspecified atom stereocenters. The van der Waals surface area contributed by atoms with Gasteiger partial charge in [0.05, 0.1) is 4.88 Å². The maximum absolute atomic E-state index is 12.1. The summed E-state index contributed by atoms with van der Waals surface area (Å²) in [6, 6.07) is 3.64. The van der Waals surface area contributed by atoms with Crippen molar-refractivity contribution in [3.63, 3.8) is 0 Å². The van der Waals surface area contributed by atoms with Gasteiger partial charge in [-0.25, -0.2) is 0 Å². The Morgan fingerprint density at radius 2 is 2.27 bits per heavy atom. The number of carbonyl (C=O) groups excluding carboxylic acids is 1. The number of aromatic nitrogens is 1. The van der Waals surface area contributed by atoms with Crippen molar-refractivity contribution >= 4 is 33.0 Å². The maximum atomic E-state index is 12.1. The molecule has 0 amide bonds. The van der Waals surface area contributed by atoms with Crippen LogP contribution in [0.1, 0.15) is 20.8 Å². The van der Waals surface area contributed by atoms with Gasteiger partial charge in [0.15, 0.2) is 0 Å². The molecule has 0 aliphatic rings. The Kier molecular flexibility index (Phi) is 2.98. The first kappa shape index (κ1) is 10.5. The molecule has 0 bridgehead atoms. The third-order valence-corrected chi connectivity index (χ3v) is 3.92. The Bertz CT molecular complexity index is 507. The molecule has 0 aliphatic carbocycles. The predicted molar refractivity (Wildman–Crippen MR) is 64.4 cm³/mol. The average Bonchev–Trinajstić information content (AvgIpc) is 2.64. The van der Waals surface area contributed by atoms with Crippen molar-refractivity contribution in [2.45, 2.75) is 6.92 Å². The fourth-order valence-electron chi connectivity index (χ4n) is 1.31. The number of pyridine rings is 1. The summed E-state index contributed by atoms with van der Waals surface area (Å²) in [5.41, 5.74) is 1.62. The zero-order valence-electron chi connectivity index (χ0n) is 8.03. The zero-order valence-corrected chi connectivity index (χ0v) is 10.4. The first-order valence-corrected chi connectivity index (χ1v) is 6.05. The molecular formula is C11H8BrNOS. The van der Waals surface area contributed by atoms with E-state index in [1.807, 2.05) is 18.4 Å². The normalized spacial score (nSPS) is 10.3. The molecule has 2 aromatic heterocycles. The van der Waals surface area contributed by atoms with Crippen molar-refractivity contribution in [1.82, 2.24) is 4.98 Å². The highest BCUT2D eigenvalue weighted by molar-refractivity contribution is 9.10. The molecule has 2 aromatic rings. The topological polar surface area (TPSA) is 30.0 Å². The van der Waals surface area contributed by atoms with Gasteiger partial charge in [0, 0.05) is 22.4 Å². The first-order chi connectivity index (χ1) is 7.20. The molecule has 2 rings (SSSR count). The van der Waals surface area contributed by atoms with Crippen LogP contribution in [0.4, 0.5) is 0 Å². The number of halogens is 1. The van der Waals surface area contributed by atoms with Crippen LogP contribution >= 0.6 is 27.3 Å². The highest BCUT2D eigenvalue weighted by Gasteiger charge is 2.15. The quantitative estimate of drug-likeness (QED) is 0.790. The van der Waals surface area contributed by atoms with Crippen molar-refractivity contribution in [1.29, 1.82) is 0 Å². The summed E-state index contributed by atoms with van der Waals surface area (Å²) in [6.07, 6.45) is 3.34. The maximum Gasteiger partial charge on any atom is 0.204 e. The Balaban J connectivity index is 2.46. The van der Waals surface area contributed by atoms with E-state index in [0.29, 0.717) is 5.56 Å². The monoisotopic (exact) mass is 281 g/mol. The van der Waals surface area contributed by atoms with Crippen LogP contribution in [-0.2, 0) is 0 Å². The Labute approximate surface area is 100 Å². The average molecular weight is 282 g/mol. The van der Waals surface area contributed by atoms with Gasteiger partial charge in [0.25, 0.3) is 0 Å². The van der Waals surface area contributed by atoms with E-state index in [2.05, 4.69) is 20.9 Å². The molecule has 0 N–H and O–H groups in total. The molecule has 15 heavy (non-hydrogen) atoms. The van der Waals surface area contributed by atoms with Crippen LogP contribution < -0.4 is 0 Å². The van der Waals surface area contributed by atoms with Gasteiger partial charge in [-0.1, -0.05) is 0 Å². The number of nitrogens with zero attached hydrogens (tertiary/aromatic N) is 1. The number of aryl methyl sites for hydroxylation is 1. The van der Waals surface area contributed by atoms with Crippen molar-refractivity contribution in [3.05, 3.63) is 50.4 Å². The summed E-state index contributed by atoms with van der Waals surface area (Å²) in [4.78, 5) is 16.8. The largest absolute Gasteiger partial charge is 0.288 e. The fourth-order valence-corrected chi connectivity index (χ4v) is 2.81. The van der Waals surface area contributed by atoms with Crippen LogP contribution in [0.2, 0.25) is 0 Å². The van der Waals surface area contributed by atoms with Gasteiger partial charge in [-0.3, -0.25) is 9.78 Å². The first-order valence-electron chi connectivity index (χ1n) is 4.38. The molecule has 0 aromatic carbocycles. The van der Waals surface area contributed by atoms with E-state index >= 15 is 0 Å². The molecule has 76 valence electrons. The SMILES string of the molecule is Cc1cnccc1C(=O)c1sccc1Br. The van der Waals surface area contributed by atoms with Gasteiger partial charge >= 0.3 is 0 Å². The summed E-state index contributed by atoms with van der Waals surface area (Å²) in [5.74, 6) is 0.0526. The number of thiophene rings is 1. The lowest BCUT2D eigenvalue weighted by Gasteiger charge is -2.02. The highest BCUT2D eigenvalue weighted by atomic mass is 79.9. The number of ketones is 1. The van der Waals surface area contributed by atoms with Crippen molar-refractivity contribution < 1.29 is 4.79 Å². The molecule has 0 fully saturated rings. The van der Waals surface area contributed by atoms with E-state index in [4.69, 9.17) is 0 Å². The van der Waals surface area contributed by atoms with Crippen molar-refractivity contribution in [3.8, 4) is 0 Å². The van der Waals surface area contributed by atoms with Crippen molar-refractivity contribution in [2.24, 2.45) is 0 Å². The minimum Gasteiger partial charge on any atom is -0.288 e. The van der Waals surface area contributed by atoms with E-state index in [0.717, 1.165) is 14.9 Å². The molecule has 2 heterocycles. The second-order valence-corrected chi connectivity index (χ2v) is 4.89. The van der Waals surface area contributed by atoms with E-state index in [1.54, 1.807) is 18.5 Å². The summed E-state index contributed by atoms with van der Waals surface area (Å²) in [6.45, 7) is 1.89. The van der Waals surface area contributed by atoms with Gasteiger partial charge < -0.3 is 0 Å². The fraction of sp³-hybridized carbons (Fsp3) is 0.0909. The van der Waals surface area contributed by atoms with Crippen LogP contribution in [0.3, 0.4) is 0 Å². The molecule has 0 aliphatic heterocycles. The molecule has 4 heteroatoms. The smallest absolute Gasteiger partial charge is 0.204 e. The van der Waals surface area contributed by atoms with Gasteiger partial charge in [0.1, 0.15) is 0 Å². The Morgan fingerprint density at radius 1 is 1.47 bits per heavy atom. The number of hydrogen-bond acceptors (Lipinski definition) is 3. The second kappa shape index (κ2) is 4.24. The standard InChI is InChI=1S/C11H8BrNOS/c1-7-6-13-4-2-8(7)10(14)11-9(12)3-5-15-11/h2-6H,1H3. The third-order valence-electron chi connectivity index (χ3n) is 2.09. The van der Waals surface area contributed by atoms with E-state index in [-0.39, 0.29) is 5.78 Å². The second-order valence-electron chi connectivity index (χ2n) is 3.12. The number of rotatable bonds is 2. The van der Waals surface area contributed by atoms with Gasteiger partial charge in [-0.2, -0.15) is 0 Å². The van der Waals surface area contributed by atoms with Crippen LogP contribution in [0.5, 0.6) is 0 Å². The zero-order chi connectivity index (χ0) is 10.8. The molecule has 0 saturated heterocycles. The van der Waals surface area contributed by atoms with Gasteiger partial charge in [-0.15, -0.1) is 11.3 Å². The minimum absolute atomic E-state index is 0.0526. The van der Waals surface area contributed by atoms with Crippen LogP contribution in [0.15, 0.2) is 34.4 Å². The van der Waals surface area contributed by atoms with Crippen LogP contribution in [0.25, 0.3) is 0 Å². The predicted octanol–water partition coefficient (Wildman–Crippen LogP) is 3.45. The molecule has 0 saturated carbocycles. The number of carbonyl (C=O) groups is 1. The van der Waals surface area contributed by atoms with Gasteiger partial charge in [0.2, 0.25) is 5.78 Å². The van der Waals surface area contributed by atoms with Crippen molar-refractivity contribution in [2.75, 3.05) is 0 Å². The lowest BCUT2D eigenvalue weighted by Crippen LogP contribution is -2.02. The minimum atomic E-state index is 0.0526. The van der Waals surface area contributed by atoms with Gasteiger partial charge in [-0.05, 0) is 45.9 Å². The number of hydrogen-bond donors (Lipinski definition) is 0. The molecule has 0 spiro atoms. The summed E-state index contributed by atoms with van der Waals surface area (Å²) >= 11 is 4.81. The molecule has 0 atom stereocenters. The molecular weight excluding hydrogens is 274 g/mol. The highest BCUT2D eigenvalue weighted by Crippen LogP contribution is 2.26. The molecule has 2 nitrogen and oxygen atoms in total. The Hall–Kier alpha value is -1.00. The van der Waals surface area contributed by atoms with Crippen LogP contribution in [-0.4, -0.2) is 10.8 Å². The Morgan fingerprint density at radius 3 is 2.87 bits per heavy atom. The summed E-state index contributed by atoms with van der Waals surface area (Å²) < 4.78 is 0.855. The molecule has 0 radical (unpaired) electrons. The van der Waals surface area contributed by atoms with Crippen LogP contribution in [0, 0.1) is 6.92 Å². The lowest BCUT2D eigenvalue weighted by molar-refractivity contribution is 0.104. The third kappa shape index (κ3) is 2.01. The summed E-state index contributed by atoms with van der Waals surface area (Å²) in [7, 11) is 0.